The second-order valence-corrected chi connectivity index (χ2v) is 3.83. The lowest BCUT2D eigenvalue weighted by molar-refractivity contribution is -0.142. The number of ketones is 1. The van der Waals surface area contributed by atoms with Gasteiger partial charge in [-0.25, -0.2) is 0 Å². The highest BCUT2D eigenvalue weighted by Gasteiger charge is 2.14. The molecule has 1 aromatic rings. The second-order valence-electron chi connectivity index (χ2n) is 3.83. The van der Waals surface area contributed by atoms with Crippen LogP contribution in [0, 0.1) is 0 Å². The highest BCUT2D eigenvalue weighted by Crippen LogP contribution is 2.12. The van der Waals surface area contributed by atoms with Crippen LogP contribution in [0.3, 0.4) is 0 Å². The molecule has 3 nitrogen and oxygen atoms in total. The lowest BCUT2D eigenvalue weighted by Crippen LogP contribution is -2.13. The summed E-state index contributed by atoms with van der Waals surface area (Å²) >= 11 is 0. The molecule has 1 rings (SSSR count). The molecule has 0 aliphatic carbocycles. The van der Waals surface area contributed by atoms with Crippen molar-refractivity contribution in [1.29, 1.82) is 0 Å². The van der Waals surface area contributed by atoms with E-state index < -0.39 is 5.97 Å². The minimum absolute atomic E-state index is 0.163. The number of hydrogen-bond acceptors (Lipinski definition) is 3. The lowest BCUT2D eigenvalue weighted by Gasteiger charge is -2.06. The molecule has 0 saturated heterocycles. The molecule has 0 saturated carbocycles. The fourth-order valence-corrected chi connectivity index (χ4v) is 1.59. The van der Waals surface area contributed by atoms with Gasteiger partial charge in [0.15, 0.2) is 5.78 Å². The number of Topliss-reactive ketones (excluding diaryl/α,β-unsaturated/α-hetero) is 1. The van der Waals surface area contributed by atoms with Gasteiger partial charge < -0.3 is 4.74 Å². The molecule has 0 bridgehead atoms. The SMILES string of the molecule is CCCOC(=O)CC(=O)c1ccccc1CC. The Kier molecular flexibility index (Phi) is 5.40. The Labute approximate surface area is 102 Å². The number of rotatable bonds is 6. The molecule has 0 amide bonds. The van der Waals surface area contributed by atoms with Gasteiger partial charge in [-0.05, 0) is 18.4 Å². The van der Waals surface area contributed by atoms with E-state index >= 15 is 0 Å². The van der Waals surface area contributed by atoms with Crippen molar-refractivity contribution in [3.05, 3.63) is 35.4 Å². The fourth-order valence-electron chi connectivity index (χ4n) is 1.59. The van der Waals surface area contributed by atoms with Crippen molar-refractivity contribution >= 4 is 11.8 Å². The summed E-state index contributed by atoms with van der Waals surface area (Å²) in [5.41, 5.74) is 1.60. The summed E-state index contributed by atoms with van der Waals surface area (Å²) in [6, 6.07) is 7.37. The Bertz CT molecular complexity index is 396. The van der Waals surface area contributed by atoms with Crippen molar-refractivity contribution in [2.24, 2.45) is 0 Å². The number of benzene rings is 1. The second kappa shape index (κ2) is 6.84. The maximum Gasteiger partial charge on any atom is 0.313 e. The van der Waals surface area contributed by atoms with Gasteiger partial charge in [0, 0.05) is 5.56 Å². The first-order chi connectivity index (χ1) is 8.19. The van der Waals surface area contributed by atoms with Crippen LogP contribution in [0.1, 0.15) is 42.6 Å². The van der Waals surface area contributed by atoms with Gasteiger partial charge in [-0.3, -0.25) is 9.59 Å². The van der Waals surface area contributed by atoms with Crippen LogP contribution in [0.5, 0.6) is 0 Å². The summed E-state index contributed by atoms with van der Waals surface area (Å²) in [5, 5.41) is 0. The summed E-state index contributed by atoms with van der Waals surface area (Å²) in [5.74, 6) is -0.605. The molecule has 17 heavy (non-hydrogen) atoms. The first kappa shape index (κ1) is 13.4. The van der Waals surface area contributed by atoms with Gasteiger partial charge >= 0.3 is 5.97 Å². The number of esters is 1. The van der Waals surface area contributed by atoms with Crippen molar-refractivity contribution in [2.75, 3.05) is 6.61 Å². The summed E-state index contributed by atoms with van der Waals surface area (Å²) in [4.78, 5) is 23.2. The third kappa shape index (κ3) is 4.02. The van der Waals surface area contributed by atoms with Crippen molar-refractivity contribution in [3.8, 4) is 0 Å². The molecular formula is C14H18O3. The first-order valence-corrected chi connectivity index (χ1v) is 5.95. The van der Waals surface area contributed by atoms with Crippen molar-refractivity contribution in [2.45, 2.75) is 33.1 Å². The molecule has 0 atom stereocenters. The van der Waals surface area contributed by atoms with Gasteiger partial charge in [0.25, 0.3) is 0 Å². The average molecular weight is 234 g/mol. The van der Waals surface area contributed by atoms with Gasteiger partial charge in [0.2, 0.25) is 0 Å². The molecule has 0 fully saturated rings. The summed E-state index contributed by atoms with van der Waals surface area (Å²) in [6.07, 6.45) is 1.38. The number of ether oxygens (including phenoxy) is 1. The van der Waals surface area contributed by atoms with E-state index in [4.69, 9.17) is 4.74 Å². The Morgan fingerprint density at radius 1 is 1.18 bits per heavy atom. The van der Waals surface area contributed by atoms with Gasteiger partial charge in [0.05, 0.1) is 6.61 Å². The molecule has 0 spiro atoms. The number of hydrogen-bond donors (Lipinski definition) is 0. The molecule has 0 aliphatic rings. The van der Waals surface area contributed by atoms with Gasteiger partial charge in [-0.2, -0.15) is 0 Å². The molecule has 0 radical (unpaired) electrons. The third-order valence-electron chi connectivity index (χ3n) is 2.47. The predicted octanol–water partition coefficient (Wildman–Crippen LogP) is 2.78. The molecule has 92 valence electrons. The van der Waals surface area contributed by atoms with Gasteiger partial charge in [-0.1, -0.05) is 38.1 Å². The molecule has 1 aromatic carbocycles. The van der Waals surface area contributed by atoms with Crippen LogP contribution in [0.15, 0.2) is 24.3 Å². The van der Waals surface area contributed by atoms with Crippen LogP contribution in [-0.4, -0.2) is 18.4 Å². The van der Waals surface area contributed by atoms with Crippen molar-refractivity contribution in [3.63, 3.8) is 0 Å². The van der Waals surface area contributed by atoms with E-state index in [2.05, 4.69) is 0 Å². The highest BCUT2D eigenvalue weighted by molar-refractivity contribution is 6.06. The van der Waals surface area contributed by atoms with Crippen LogP contribution >= 0.6 is 0 Å². The summed E-state index contributed by atoms with van der Waals surface area (Å²) in [7, 11) is 0. The minimum atomic E-state index is -0.442. The molecule has 3 heteroatoms. The first-order valence-electron chi connectivity index (χ1n) is 5.95. The number of carbonyl (C=O) groups excluding carboxylic acids is 2. The summed E-state index contributed by atoms with van der Waals surface area (Å²) in [6.45, 7) is 4.28. The van der Waals surface area contributed by atoms with Crippen LogP contribution < -0.4 is 0 Å². The molecule has 0 N–H and O–H groups in total. The fraction of sp³-hybridized carbons (Fsp3) is 0.429. The van der Waals surface area contributed by atoms with Crippen LogP contribution in [-0.2, 0) is 16.0 Å². The highest BCUT2D eigenvalue weighted by atomic mass is 16.5. The van der Waals surface area contributed by atoms with E-state index in [1.807, 2.05) is 32.0 Å². The van der Waals surface area contributed by atoms with E-state index in [1.54, 1.807) is 6.07 Å². The number of aryl methyl sites for hydroxylation is 1. The zero-order chi connectivity index (χ0) is 12.7. The number of carbonyl (C=O) groups is 2. The smallest absolute Gasteiger partial charge is 0.313 e. The molecule has 0 aliphatic heterocycles. The Balaban J connectivity index is 2.66. The quantitative estimate of drug-likeness (QED) is 0.432. The maximum absolute atomic E-state index is 11.9. The standard InChI is InChI=1S/C14H18O3/c1-3-9-17-14(16)10-13(15)12-8-6-5-7-11(12)4-2/h5-8H,3-4,9-10H2,1-2H3. The monoisotopic (exact) mass is 234 g/mol. The topological polar surface area (TPSA) is 43.4 Å². The normalized spacial score (nSPS) is 10.0. The van der Waals surface area contributed by atoms with Crippen molar-refractivity contribution in [1.82, 2.24) is 0 Å². The van der Waals surface area contributed by atoms with E-state index in [0.717, 1.165) is 18.4 Å². The van der Waals surface area contributed by atoms with Gasteiger partial charge in [0.1, 0.15) is 6.42 Å². The third-order valence-corrected chi connectivity index (χ3v) is 2.47. The molecule has 0 heterocycles. The van der Waals surface area contributed by atoms with E-state index in [-0.39, 0.29) is 12.2 Å². The van der Waals surface area contributed by atoms with Gasteiger partial charge in [-0.15, -0.1) is 0 Å². The summed E-state index contributed by atoms with van der Waals surface area (Å²) < 4.78 is 4.90. The van der Waals surface area contributed by atoms with Crippen molar-refractivity contribution < 1.29 is 14.3 Å². The minimum Gasteiger partial charge on any atom is -0.465 e. The lowest BCUT2D eigenvalue weighted by atomic mass is 10.00. The van der Waals surface area contributed by atoms with E-state index in [1.165, 1.54) is 0 Å². The Morgan fingerprint density at radius 3 is 2.53 bits per heavy atom. The zero-order valence-corrected chi connectivity index (χ0v) is 10.4. The van der Waals surface area contributed by atoms with E-state index in [0.29, 0.717) is 12.2 Å². The molecule has 0 aromatic heterocycles. The van der Waals surface area contributed by atoms with Crippen LogP contribution in [0.4, 0.5) is 0 Å². The molecule has 0 unspecified atom stereocenters. The average Bonchev–Trinajstić information content (AvgIpc) is 2.36. The maximum atomic E-state index is 11.9. The zero-order valence-electron chi connectivity index (χ0n) is 10.4. The largest absolute Gasteiger partial charge is 0.465 e. The van der Waals surface area contributed by atoms with E-state index in [9.17, 15) is 9.59 Å². The molecular weight excluding hydrogens is 216 g/mol. The van der Waals surface area contributed by atoms with Crippen LogP contribution in [0.25, 0.3) is 0 Å². The predicted molar refractivity (Wildman–Crippen MR) is 66.0 cm³/mol. The Hall–Kier alpha value is -1.64. The Morgan fingerprint density at radius 2 is 1.88 bits per heavy atom. The van der Waals surface area contributed by atoms with Crippen LogP contribution in [0.2, 0.25) is 0 Å².